The molecule has 0 saturated heterocycles. The third-order valence-electron chi connectivity index (χ3n) is 5.92. The average Bonchev–Trinajstić information content (AvgIpc) is 2.80. The zero-order chi connectivity index (χ0) is 21.5. The Hall–Kier alpha value is -3.55. The number of hydrogen-bond donors (Lipinski definition) is 0. The molecule has 0 unspecified atom stereocenters. The smallest absolute Gasteiger partial charge is 0.311 e. The maximum absolute atomic E-state index is 13.2. The summed E-state index contributed by atoms with van der Waals surface area (Å²) in [6, 6.07) is 9.99. The molecule has 0 saturated carbocycles. The zero-order valence-corrected chi connectivity index (χ0v) is 17.3. The van der Waals surface area contributed by atoms with Gasteiger partial charge in [-0.05, 0) is 47.4 Å². The fourth-order valence-corrected chi connectivity index (χ4v) is 4.34. The minimum Gasteiger partial charge on any atom is -0.493 e. The van der Waals surface area contributed by atoms with Crippen molar-refractivity contribution in [1.82, 2.24) is 9.78 Å². The van der Waals surface area contributed by atoms with Crippen LogP contribution >= 0.6 is 0 Å². The summed E-state index contributed by atoms with van der Waals surface area (Å²) in [5.74, 6) is 1.36. The molecule has 160 valence electrons. The number of rotatable bonds is 4. The van der Waals surface area contributed by atoms with E-state index in [1.807, 2.05) is 12.1 Å². The van der Waals surface area contributed by atoms with Crippen molar-refractivity contribution in [3.63, 3.8) is 0 Å². The Labute approximate surface area is 178 Å². The van der Waals surface area contributed by atoms with Crippen molar-refractivity contribution in [3.8, 4) is 17.2 Å². The Morgan fingerprint density at radius 3 is 2.65 bits per heavy atom. The van der Waals surface area contributed by atoms with Crippen molar-refractivity contribution < 1.29 is 18.6 Å². The predicted octanol–water partition coefficient (Wildman–Crippen LogP) is 2.94. The van der Waals surface area contributed by atoms with Gasteiger partial charge in [-0.1, -0.05) is 12.1 Å². The fraction of sp³-hybridized carbons (Fsp3) is 0.304. The molecule has 2 aliphatic rings. The van der Waals surface area contributed by atoms with E-state index in [2.05, 4.69) is 10.00 Å². The molecular weight excluding hydrogens is 401 g/mol. The SMILES string of the molecule is COc1cc2c(cc1OC)[C@H]1COc3c(cnn(Cc4ccc(F)cc4)c3=O)N1CC2. The number of ether oxygens (including phenoxy) is 3. The standard InChI is InChI=1S/C23H22FN3O4/c1-29-20-9-15-7-8-26-18-11-25-27(12-14-3-5-16(24)6-4-14)23(28)22(18)31-13-19(26)17(15)10-21(20)30-2/h3-6,9-11,19H,7-8,12-13H2,1-2H3/t19-/m1/s1. The maximum Gasteiger partial charge on any atom is 0.311 e. The monoisotopic (exact) mass is 423 g/mol. The van der Waals surface area contributed by atoms with Crippen LogP contribution in [0.1, 0.15) is 22.7 Å². The second-order valence-corrected chi connectivity index (χ2v) is 7.62. The largest absolute Gasteiger partial charge is 0.493 e. The van der Waals surface area contributed by atoms with Crippen molar-refractivity contribution in [2.24, 2.45) is 0 Å². The quantitative estimate of drug-likeness (QED) is 0.643. The van der Waals surface area contributed by atoms with E-state index >= 15 is 0 Å². The fourth-order valence-electron chi connectivity index (χ4n) is 4.34. The van der Waals surface area contributed by atoms with E-state index in [9.17, 15) is 9.18 Å². The van der Waals surface area contributed by atoms with Crippen LogP contribution in [0.5, 0.6) is 17.2 Å². The number of anilines is 1. The van der Waals surface area contributed by atoms with E-state index in [-0.39, 0.29) is 24.0 Å². The van der Waals surface area contributed by atoms with E-state index in [0.29, 0.717) is 29.5 Å². The molecule has 1 atom stereocenters. The Balaban J connectivity index is 1.48. The third kappa shape index (κ3) is 3.28. The molecule has 0 fully saturated rings. The van der Waals surface area contributed by atoms with Crippen LogP contribution in [-0.2, 0) is 13.0 Å². The van der Waals surface area contributed by atoms with Gasteiger partial charge in [0.15, 0.2) is 11.5 Å². The summed E-state index contributed by atoms with van der Waals surface area (Å²) in [5.41, 5.74) is 3.47. The number of halogens is 1. The Morgan fingerprint density at radius 1 is 1.16 bits per heavy atom. The summed E-state index contributed by atoms with van der Waals surface area (Å²) in [4.78, 5) is 15.2. The number of benzene rings is 2. The number of nitrogens with zero attached hydrogens (tertiary/aromatic N) is 3. The van der Waals surface area contributed by atoms with Gasteiger partial charge in [0.1, 0.15) is 18.1 Å². The number of fused-ring (bicyclic) bond motifs is 5. The first-order chi connectivity index (χ1) is 15.1. The van der Waals surface area contributed by atoms with Crippen molar-refractivity contribution >= 4 is 5.69 Å². The lowest BCUT2D eigenvalue weighted by Crippen LogP contribution is -2.44. The lowest BCUT2D eigenvalue weighted by atomic mass is 9.91. The molecule has 0 spiro atoms. The molecule has 3 aromatic rings. The van der Waals surface area contributed by atoms with Crippen LogP contribution < -0.4 is 24.7 Å². The molecule has 0 aliphatic carbocycles. The van der Waals surface area contributed by atoms with Gasteiger partial charge in [-0.2, -0.15) is 5.10 Å². The van der Waals surface area contributed by atoms with Crippen LogP contribution in [0.2, 0.25) is 0 Å². The minimum absolute atomic E-state index is 0.0368. The molecule has 0 radical (unpaired) electrons. The first kappa shape index (κ1) is 19.4. The van der Waals surface area contributed by atoms with Gasteiger partial charge in [-0.3, -0.25) is 4.79 Å². The second-order valence-electron chi connectivity index (χ2n) is 7.62. The topological polar surface area (TPSA) is 65.8 Å². The second kappa shape index (κ2) is 7.61. The number of aromatic nitrogens is 2. The van der Waals surface area contributed by atoms with E-state index in [4.69, 9.17) is 14.2 Å². The van der Waals surface area contributed by atoms with Crippen LogP contribution in [0.25, 0.3) is 0 Å². The normalized spacial score (nSPS) is 16.6. The summed E-state index contributed by atoms with van der Waals surface area (Å²) in [7, 11) is 3.24. The molecule has 3 heterocycles. The van der Waals surface area contributed by atoms with Gasteiger partial charge in [0.2, 0.25) is 5.75 Å². The first-order valence-electron chi connectivity index (χ1n) is 10.1. The Morgan fingerprint density at radius 2 is 1.90 bits per heavy atom. The van der Waals surface area contributed by atoms with E-state index < -0.39 is 0 Å². The van der Waals surface area contributed by atoms with Gasteiger partial charge in [0, 0.05) is 6.54 Å². The molecule has 0 bridgehead atoms. The summed E-state index contributed by atoms with van der Waals surface area (Å²) in [5, 5.41) is 4.36. The minimum atomic E-state index is -0.316. The van der Waals surface area contributed by atoms with Crippen LogP contribution in [0, 0.1) is 5.82 Å². The van der Waals surface area contributed by atoms with E-state index in [1.54, 1.807) is 32.5 Å². The predicted molar refractivity (Wildman–Crippen MR) is 113 cm³/mol. The molecule has 2 aliphatic heterocycles. The average molecular weight is 423 g/mol. The molecule has 2 aromatic carbocycles. The highest BCUT2D eigenvalue weighted by molar-refractivity contribution is 5.62. The van der Waals surface area contributed by atoms with Crippen molar-refractivity contribution in [1.29, 1.82) is 0 Å². The molecule has 0 amide bonds. The van der Waals surface area contributed by atoms with Gasteiger partial charge < -0.3 is 19.1 Å². The van der Waals surface area contributed by atoms with Crippen molar-refractivity contribution in [3.05, 3.63) is 75.5 Å². The van der Waals surface area contributed by atoms with Gasteiger partial charge >= 0.3 is 5.56 Å². The maximum atomic E-state index is 13.2. The molecule has 5 rings (SSSR count). The molecule has 31 heavy (non-hydrogen) atoms. The highest BCUT2D eigenvalue weighted by Gasteiger charge is 2.36. The Bertz CT molecular complexity index is 1190. The molecule has 8 heteroatoms. The van der Waals surface area contributed by atoms with E-state index in [1.165, 1.54) is 22.4 Å². The van der Waals surface area contributed by atoms with Gasteiger partial charge in [0.25, 0.3) is 0 Å². The molecule has 7 nitrogen and oxygen atoms in total. The van der Waals surface area contributed by atoms with Gasteiger partial charge in [-0.25, -0.2) is 9.07 Å². The summed E-state index contributed by atoms with van der Waals surface area (Å²) in [6.45, 7) is 1.34. The number of methoxy groups -OCH3 is 2. The Kier molecular flexibility index (Phi) is 4.77. The third-order valence-corrected chi connectivity index (χ3v) is 5.92. The van der Waals surface area contributed by atoms with E-state index in [0.717, 1.165) is 24.1 Å². The highest BCUT2D eigenvalue weighted by Crippen LogP contribution is 2.43. The lowest BCUT2D eigenvalue weighted by Gasteiger charge is -2.42. The van der Waals surface area contributed by atoms with Crippen molar-refractivity contribution in [2.75, 3.05) is 32.3 Å². The summed E-state index contributed by atoms with van der Waals surface area (Å²) in [6.07, 6.45) is 2.49. The summed E-state index contributed by atoms with van der Waals surface area (Å²) < 4.78 is 31.4. The van der Waals surface area contributed by atoms with Crippen LogP contribution in [0.15, 0.2) is 47.4 Å². The lowest BCUT2D eigenvalue weighted by molar-refractivity contribution is 0.251. The highest BCUT2D eigenvalue weighted by atomic mass is 19.1. The van der Waals surface area contributed by atoms with Crippen molar-refractivity contribution in [2.45, 2.75) is 19.0 Å². The number of hydrogen-bond acceptors (Lipinski definition) is 6. The van der Waals surface area contributed by atoms with Crippen LogP contribution in [0.4, 0.5) is 10.1 Å². The molecular formula is C23H22FN3O4. The summed E-state index contributed by atoms with van der Waals surface area (Å²) >= 11 is 0. The molecule has 0 N–H and O–H groups in total. The molecule has 1 aromatic heterocycles. The van der Waals surface area contributed by atoms with Crippen LogP contribution in [0.3, 0.4) is 0 Å². The first-order valence-corrected chi connectivity index (χ1v) is 10.1. The van der Waals surface area contributed by atoms with Gasteiger partial charge in [0.05, 0.1) is 33.0 Å². The van der Waals surface area contributed by atoms with Gasteiger partial charge in [-0.15, -0.1) is 0 Å². The zero-order valence-electron chi connectivity index (χ0n) is 17.3. The van der Waals surface area contributed by atoms with Crippen LogP contribution in [-0.4, -0.2) is 37.2 Å².